The standard InChI is InChI=1S/C12H19NO4S.C12H17NO4S/c2*1-4-17-12-7-9(5-6-11(12)16-2)10(13)8-18(3,14)15/h5-7,10H,4,8,13H2,1-3H3;5-8H,4,13H2,1-3H3/t10-;/m1./s1/i3D3,8D2,10D;3D3,8D. The molecule has 0 amide bonds. The molecule has 0 fully saturated rings. The Morgan fingerprint density at radius 3 is 2.06 bits per heavy atom. The van der Waals surface area contributed by atoms with Crippen LogP contribution in [0.4, 0.5) is 0 Å². The smallest absolute Gasteiger partial charge is 0.170 e. The van der Waals surface area contributed by atoms with Crippen molar-refractivity contribution >= 4 is 25.4 Å². The first-order chi connectivity index (χ1) is 20.8. The van der Waals surface area contributed by atoms with E-state index in [-0.39, 0.29) is 29.2 Å². The van der Waals surface area contributed by atoms with Gasteiger partial charge in [-0.1, -0.05) is 6.07 Å². The van der Waals surface area contributed by atoms with E-state index in [4.69, 9.17) is 44.1 Å². The minimum atomic E-state index is -5.37. The second kappa shape index (κ2) is 14.0. The lowest BCUT2D eigenvalue weighted by molar-refractivity contribution is 0.310. The fourth-order valence-corrected chi connectivity index (χ4v) is 3.45. The summed E-state index contributed by atoms with van der Waals surface area (Å²) in [7, 11) is -7.39. The topological polar surface area (TPSA) is 157 Å². The zero-order chi connectivity index (χ0) is 36.1. The second-order valence-corrected chi connectivity index (χ2v) is 9.06. The Labute approximate surface area is 228 Å². The predicted molar refractivity (Wildman–Crippen MR) is 142 cm³/mol. The molecule has 0 aromatic heterocycles. The highest BCUT2D eigenvalue weighted by atomic mass is 32.2. The van der Waals surface area contributed by atoms with E-state index < -0.39 is 54.8 Å². The van der Waals surface area contributed by atoms with E-state index in [0.29, 0.717) is 18.1 Å². The number of sulfone groups is 2. The van der Waals surface area contributed by atoms with Crippen LogP contribution in [0.5, 0.6) is 23.0 Å². The summed E-state index contributed by atoms with van der Waals surface area (Å²) in [6.45, 7) is 4.00. The van der Waals surface area contributed by atoms with Gasteiger partial charge in [-0.05, 0) is 49.7 Å². The zero-order valence-electron chi connectivity index (χ0n) is 30.1. The molecule has 12 heteroatoms. The van der Waals surface area contributed by atoms with Gasteiger partial charge in [-0.2, -0.15) is 0 Å². The summed E-state index contributed by atoms with van der Waals surface area (Å²) in [4.78, 5) is 0. The van der Waals surface area contributed by atoms with E-state index in [2.05, 4.69) is 0 Å². The molecule has 1 atom stereocenters. The van der Waals surface area contributed by atoms with Crippen LogP contribution in [0.1, 0.15) is 44.7 Å². The van der Waals surface area contributed by atoms with Crippen LogP contribution < -0.4 is 30.4 Å². The third-order valence-electron chi connectivity index (χ3n) is 4.04. The average Bonchev–Trinajstić information content (AvgIpc) is 2.95. The van der Waals surface area contributed by atoms with Crippen molar-refractivity contribution in [3.8, 4) is 23.0 Å². The Hall–Kier alpha value is -2.96. The fourth-order valence-electron chi connectivity index (χ4n) is 2.63. The van der Waals surface area contributed by atoms with E-state index >= 15 is 0 Å². The summed E-state index contributed by atoms with van der Waals surface area (Å²) in [5, 5.41) is -1.15. The molecule has 4 N–H and O–H groups in total. The molecule has 0 saturated carbocycles. The van der Waals surface area contributed by atoms with Crippen molar-refractivity contribution in [2.75, 3.05) is 45.5 Å². The van der Waals surface area contributed by atoms with Gasteiger partial charge in [0.25, 0.3) is 0 Å². The zero-order valence-corrected chi connectivity index (χ0v) is 21.7. The van der Waals surface area contributed by atoms with Gasteiger partial charge in [0, 0.05) is 34.9 Å². The van der Waals surface area contributed by atoms with E-state index in [1.54, 1.807) is 13.8 Å². The predicted octanol–water partition coefficient (Wildman–Crippen LogP) is 2.53. The van der Waals surface area contributed by atoms with Crippen molar-refractivity contribution < 1.29 is 49.5 Å². The van der Waals surface area contributed by atoms with Gasteiger partial charge < -0.3 is 30.4 Å². The number of nitrogens with two attached hydrogens (primary N) is 2. The van der Waals surface area contributed by atoms with Gasteiger partial charge in [0.2, 0.25) is 0 Å². The van der Waals surface area contributed by atoms with Crippen molar-refractivity contribution in [1.82, 2.24) is 0 Å². The minimum Gasteiger partial charge on any atom is -0.493 e. The highest BCUT2D eigenvalue weighted by Gasteiger charge is 2.15. The molecule has 10 nitrogen and oxygen atoms in total. The highest BCUT2D eigenvalue weighted by molar-refractivity contribution is 7.93. The molecule has 0 unspecified atom stereocenters. The molecule has 36 heavy (non-hydrogen) atoms. The summed E-state index contributed by atoms with van der Waals surface area (Å²) in [6.07, 6.45) is -7.00. The maximum atomic E-state index is 12.0. The van der Waals surface area contributed by atoms with Gasteiger partial charge in [0.05, 0.1) is 47.0 Å². The van der Waals surface area contributed by atoms with Crippen LogP contribution in [0, 0.1) is 0 Å². The van der Waals surface area contributed by atoms with Crippen LogP contribution in [-0.2, 0) is 19.7 Å². The molecule has 2 aromatic rings. The number of hydrogen-bond donors (Lipinski definition) is 2. The largest absolute Gasteiger partial charge is 0.493 e. The first kappa shape index (κ1) is 18.3. The Morgan fingerprint density at radius 1 is 1.00 bits per heavy atom. The maximum Gasteiger partial charge on any atom is 0.170 e. The molecule has 0 aliphatic heterocycles. The monoisotopic (exact) mass is 554 g/mol. The summed E-state index contributed by atoms with van der Waals surface area (Å²) >= 11 is 0. The van der Waals surface area contributed by atoms with Crippen LogP contribution in [-0.4, -0.2) is 62.3 Å². The molecule has 0 saturated heterocycles. The fraction of sp³-hybridized carbons (Fsp3) is 0.417. The van der Waals surface area contributed by atoms with Gasteiger partial charge in [-0.25, -0.2) is 16.8 Å². The summed E-state index contributed by atoms with van der Waals surface area (Å²) in [5.41, 5.74) is 7.09. The molecular formula is C24H36N2O8S2. The van der Waals surface area contributed by atoms with Gasteiger partial charge in [0.1, 0.15) is 9.84 Å². The molecule has 202 valence electrons. The van der Waals surface area contributed by atoms with Gasteiger partial charge >= 0.3 is 0 Å². The normalized spacial score (nSPS) is 19.0. The van der Waals surface area contributed by atoms with E-state index in [1.165, 1.54) is 44.6 Å². The third-order valence-corrected chi connectivity index (χ3v) is 5.01. The lowest BCUT2D eigenvalue weighted by Crippen LogP contribution is -2.20. The van der Waals surface area contributed by atoms with Gasteiger partial charge in [-0.3, -0.25) is 0 Å². The highest BCUT2D eigenvalue weighted by Crippen LogP contribution is 2.31. The first-order valence-electron chi connectivity index (χ1n) is 15.2. The molecule has 0 aliphatic carbocycles. The van der Waals surface area contributed by atoms with E-state index in [0.717, 1.165) is 6.07 Å². The number of rotatable bonds is 11. The number of hydrogen-bond acceptors (Lipinski definition) is 10. The van der Waals surface area contributed by atoms with E-state index in [9.17, 15) is 16.8 Å². The van der Waals surface area contributed by atoms with Crippen molar-refractivity contribution in [3.63, 3.8) is 0 Å². The summed E-state index contributed by atoms with van der Waals surface area (Å²) in [6, 6.07) is 5.07. The number of ether oxygens (including phenoxy) is 4. The lowest BCUT2D eigenvalue weighted by atomic mass is 10.1. The molecular weight excluding hydrogens is 508 g/mol. The molecule has 0 heterocycles. The van der Waals surface area contributed by atoms with Gasteiger partial charge in [-0.15, -0.1) is 0 Å². The molecule has 0 radical (unpaired) electrons. The van der Waals surface area contributed by atoms with Crippen LogP contribution in [0.2, 0.25) is 0 Å². The third kappa shape index (κ3) is 10.8. The van der Waals surface area contributed by atoms with Crippen LogP contribution in [0.3, 0.4) is 0 Å². The Bertz CT molecular complexity index is 1630. The van der Waals surface area contributed by atoms with Crippen molar-refractivity contribution in [1.29, 1.82) is 0 Å². The van der Waals surface area contributed by atoms with Crippen molar-refractivity contribution in [3.05, 3.63) is 52.9 Å². The SMILES string of the molecule is [2H]C(=C(N)c1ccc(OC)c(OCC)c1)S(=O)(=O)C([2H])([2H])[2H].[2H]C([2H])([2H])S(=O)(=O)C([2H])([2H])[C@@]([2H])(N)c1ccc(OC)c(OCC)c1. The Kier molecular flexibility index (Phi) is 7.10. The van der Waals surface area contributed by atoms with E-state index in [1.807, 2.05) is 0 Å². The number of benzene rings is 2. The minimum absolute atomic E-state index is 0.127. The van der Waals surface area contributed by atoms with Crippen LogP contribution in [0.15, 0.2) is 41.8 Å². The maximum absolute atomic E-state index is 12.0. The molecule has 2 rings (SSSR count). The van der Waals surface area contributed by atoms with Crippen molar-refractivity contribution in [2.45, 2.75) is 19.9 Å². The van der Waals surface area contributed by atoms with Crippen LogP contribution >= 0.6 is 0 Å². The Morgan fingerprint density at radius 2 is 1.56 bits per heavy atom. The average molecular weight is 555 g/mol. The summed E-state index contributed by atoms with van der Waals surface area (Å²) in [5.74, 6) is 1.12. The quantitative estimate of drug-likeness (QED) is 0.423. The molecule has 0 bridgehead atoms. The van der Waals surface area contributed by atoms with Crippen LogP contribution in [0.25, 0.3) is 5.70 Å². The second-order valence-electron chi connectivity index (χ2n) is 6.64. The molecule has 0 aliphatic rings. The summed E-state index contributed by atoms with van der Waals surface area (Å²) < 4.78 is 141. The van der Waals surface area contributed by atoms with Crippen molar-refractivity contribution in [2.24, 2.45) is 11.5 Å². The lowest BCUT2D eigenvalue weighted by Gasteiger charge is -2.15. The Balaban J connectivity index is 0.000000462. The number of methoxy groups -OCH3 is 2. The first-order valence-corrected chi connectivity index (χ1v) is 13.1. The molecule has 2 aromatic carbocycles. The molecule has 0 spiro atoms. The van der Waals surface area contributed by atoms with Gasteiger partial charge in [0.15, 0.2) is 32.8 Å².